The van der Waals surface area contributed by atoms with Gasteiger partial charge in [-0.25, -0.2) is 0 Å². The summed E-state index contributed by atoms with van der Waals surface area (Å²) in [6.45, 7) is 5.14. The average Bonchev–Trinajstić information content (AvgIpc) is 2.42. The molecule has 0 heterocycles. The zero-order valence-electron chi connectivity index (χ0n) is 11.7. The van der Waals surface area contributed by atoms with Crippen molar-refractivity contribution in [3.8, 4) is 0 Å². The van der Waals surface area contributed by atoms with Crippen LogP contribution in [0.3, 0.4) is 0 Å². The van der Waals surface area contributed by atoms with Gasteiger partial charge in [0.25, 0.3) is 5.91 Å². The second kappa shape index (κ2) is 7.89. The maximum atomic E-state index is 12.6. The predicted octanol–water partition coefficient (Wildman–Crippen LogP) is 2.68. The molecule has 0 aliphatic rings. The van der Waals surface area contributed by atoms with Crippen molar-refractivity contribution in [1.29, 1.82) is 0 Å². The van der Waals surface area contributed by atoms with Crippen molar-refractivity contribution >= 4 is 27.7 Å². The molecule has 5 nitrogen and oxygen atoms in total. The lowest BCUT2D eigenvalue weighted by atomic mass is 10.1. The van der Waals surface area contributed by atoms with E-state index in [9.17, 15) is 4.79 Å². The molecule has 0 saturated heterocycles. The van der Waals surface area contributed by atoms with Crippen LogP contribution in [0.2, 0.25) is 0 Å². The van der Waals surface area contributed by atoms with Crippen molar-refractivity contribution in [3.05, 3.63) is 34.3 Å². The fourth-order valence-corrected chi connectivity index (χ4v) is 2.28. The van der Waals surface area contributed by atoms with Gasteiger partial charge in [0, 0.05) is 24.0 Å². The van der Waals surface area contributed by atoms with E-state index >= 15 is 0 Å². The SMILES string of the molecule is CC(C)CN(CCC(N)=NO)C(=O)c1ccccc1Br. The van der Waals surface area contributed by atoms with Crippen LogP contribution in [0.1, 0.15) is 30.6 Å². The summed E-state index contributed by atoms with van der Waals surface area (Å²) in [5, 5.41) is 11.5. The minimum Gasteiger partial charge on any atom is -0.409 e. The van der Waals surface area contributed by atoms with Crippen LogP contribution in [0, 0.1) is 5.92 Å². The van der Waals surface area contributed by atoms with Crippen molar-refractivity contribution in [2.24, 2.45) is 16.8 Å². The molecule has 0 fully saturated rings. The molecule has 0 aromatic heterocycles. The Balaban J connectivity index is 2.87. The lowest BCUT2D eigenvalue weighted by molar-refractivity contribution is 0.0739. The molecule has 0 atom stereocenters. The van der Waals surface area contributed by atoms with Gasteiger partial charge >= 0.3 is 0 Å². The van der Waals surface area contributed by atoms with Crippen LogP contribution in [-0.2, 0) is 0 Å². The molecule has 20 heavy (non-hydrogen) atoms. The summed E-state index contributed by atoms with van der Waals surface area (Å²) in [6.07, 6.45) is 0.347. The minimum atomic E-state index is -0.0584. The molecule has 0 radical (unpaired) electrons. The number of hydrogen-bond donors (Lipinski definition) is 2. The molecule has 6 heteroatoms. The lowest BCUT2D eigenvalue weighted by Crippen LogP contribution is -2.37. The summed E-state index contributed by atoms with van der Waals surface area (Å²) in [5.41, 5.74) is 6.09. The number of halogens is 1. The molecule has 1 aromatic rings. The van der Waals surface area contributed by atoms with Crippen LogP contribution in [0.4, 0.5) is 0 Å². The maximum Gasteiger partial charge on any atom is 0.255 e. The number of amides is 1. The molecule has 0 bridgehead atoms. The Morgan fingerprint density at radius 3 is 2.65 bits per heavy atom. The third kappa shape index (κ3) is 4.85. The first-order valence-corrected chi connectivity index (χ1v) is 7.25. The average molecular weight is 342 g/mol. The second-order valence-corrected chi connectivity index (χ2v) is 5.82. The van der Waals surface area contributed by atoms with E-state index in [0.717, 1.165) is 4.47 Å². The van der Waals surface area contributed by atoms with Crippen LogP contribution in [0.25, 0.3) is 0 Å². The Morgan fingerprint density at radius 2 is 2.10 bits per heavy atom. The molecule has 1 aromatic carbocycles. The van der Waals surface area contributed by atoms with Gasteiger partial charge in [0.05, 0.1) is 5.56 Å². The quantitative estimate of drug-likeness (QED) is 0.361. The van der Waals surface area contributed by atoms with E-state index in [1.54, 1.807) is 11.0 Å². The summed E-state index contributed by atoms with van der Waals surface area (Å²) in [4.78, 5) is 14.3. The number of hydrogen-bond acceptors (Lipinski definition) is 3. The Labute approximate surface area is 127 Å². The van der Waals surface area contributed by atoms with Crippen LogP contribution in [0.15, 0.2) is 33.9 Å². The van der Waals surface area contributed by atoms with E-state index in [1.165, 1.54) is 0 Å². The topological polar surface area (TPSA) is 78.9 Å². The fourth-order valence-electron chi connectivity index (χ4n) is 1.82. The molecule has 1 rings (SSSR count). The Morgan fingerprint density at radius 1 is 1.45 bits per heavy atom. The van der Waals surface area contributed by atoms with Gasteiger partial charge in [0.15, 0.2) is 0 Å². The van der Waals surface area contributed by atoms with Crippen molar-refractivity contribution in [1.82, 2.24) is 4.90 Å². The zero-order chi connectivity index (χ0) is 15.1. The number of benzene rings is 1. The standard InChI is InChI=1S/C14H20BrN3O2/c1-10(2)9-18(8-7-13(16)17-20)14(19)11-5-3-4-6-12(11)15/h3-6,10,20H,7-9H2,1-2H3,(H2,16,17). The molecule has 0 aliphatic heterocycles. The first-order valence-electron chi connectivity index (χ1n) is 6.46. The van der Waals surface area contributed by atoms with E-state index in [0.29, 0.717) is 31.0 Å². The Hall–Kier alpha value is -1.56. The molecule has 0 aliphatic carbocycles. The molecular weight excluding hydrogens is 322 g/mol. The fraction of sp³-hybridized carbons (Fsp3) is 0.429. The molecule has 0 saturated carbocycles. The van der Waals surface area contributed by atoms with Gasteiger partial charge in [0.2, 0.25) is 0 Å². The van der Waals surface area contributed by atoms with E-state index in [1.807, 2.05) is 32.0 Å². The number of carbonyl (C=O) groups is 1. The van der Waals surface area contributed by atoms with E-state index in [4.69, 9.17) is 10.9 Å². The highest BCUT2D eigenvalue weighted by Gasteiger charge is 2.19. The van der Waals surface area contributed by atoms with Crippen molar-refractivity contribution in [3.63, 3.8) is 0 Å². The third-order valence-electron chi connectivity index (χ3n) is 2.74. The smallest absolute Gasteiger partial charge is 0.255 e. The first kappa shape index (κ1) is 16.5. The molecule has 3 N–H and O–H groups in total. The van der Waals surface area contributed by atoms with E-state index in [2.05, 4.69) is 21.1 Å². The third-order valence-corrected chi connectivity index (χ3v) is 3.43. The lowest BCUT2D eigenvalue weighted by Gasteiger charge is -2.25. The molecule has 110 valence electrons. The summed E-state index contributed by atoms with van der Waals surface area (Å²) in [5.74, 6) is 0.407. The maximum absolute atomic E-state index is 12.6. The number of nitrogens with zero attached hydrogens (tertiary/aromatic N) is 2. The van der Waals surface area contributed by atoms with Gasteiger partial charge in [0.1, 0.15) is 5.84 Å². The van der Waals surface area contributed by atoms with E-state index < -0.39 is 0 Å². The number of oxime groups is 1. The largest absolute Gasteiger partial charge is 0.409 e. The monoisotopic (exact) mass is 341 g/mol. The van der Waals surface area contributed by atoms with Crippen molar-refractivity contribution in [2.45, 2.75) is 20.3 Å². The summed E-state index contributed by atoms with van der Waals surface area (Å²) in [6, 6.07) is 7.31. The first-order chi connectivity index (χ1) is 9.45. The Bertz CT molecular complexity index is 489. The van der Waals surface area contributed by atoms with Gasteiger partial charge in [-0.05, 0) is 34.0 Å². The highest BCUT2D eigenvalue weighted by Crippen LogP contribution is 2.18. The Kier molecular flexibility index (Phi) is 6.51. The molecule has 0 spiro atoms. The normalized spacial score (nSPS) is 11.7. The number of amidine groups is 1. The minimum absolute atomic E-state index is 0.0584. The van der Waals surface area contributed by atoms with Gasteiger partial charge in [-0.3, -0.25) is 4.79 Å². The molecule has 1 amide bonds. The summed E-state index contributed by atoms with van der Waals surface area (Å²) < 4.78 is 0.766. The van der Waals surface area contributed by atoms with Crippen molar-refractivity contribution in [2.75, 3.05) is 13.1 Å². The highest BCUT2D eigenvalue weighted by atomic mass is 79.9. The van der Waals surface area contributed by atoms with Gasteiger partial charge in [-0.15, -0.1) is 0 Å². The number of rotatable bonds is 6. The number of carbonyl (C=O) groups excluding carboxylic acids is 1. The van der Waals surface area contributed by atoms with Crippen LogP contribution < -0.4 is 5.73 Å². The zero-order valence-corrected chi connectivity index (χ0v) is 13.3. The summed E-state index contributed by atoms with van der Waals surface area (Å²) in [7, 11) is 0. The van der Waals surface area contributed by atoms with Crippen LogP contribution in [0.5, 0.6) is 0 Å². The summed E-state index contributed by atoms with van der Waals surface area (Å²) >= 11 is 3.39. The van der Waals surface area contributed by atoms with Crippen LogP contribution >= 0.6 is 15.9 Å². The highest BCUT2D eigenvalue weighted by molar-refractivity contribution is 9.10. The van der Waals surface area contributed by atoms with Gasteiger partial charge in [-0.2, -0.15) is 0 Å². The second-order valence-electron chi connectivity index (χ2n) is 4.97. The molecular formula is C14H20BrN3O2. The van der Waals surface area contributed by atoms with Gasteiger partial charge in [-0.1, -0.05) is 31.1 Å². The van der Waals surface area contributed by atoms with Crippen LogP contribution in [-0.4, -0.2) is 34.9 Å². The molecule has 0 unspecified atom stereocenters. The van der Waals surface area contributed by atoms with E-state index in [-0.39, 0.29) is 11.7 Å². The number of nitrogens with two attached hydrogens (primary N) is 1. The van der Waals surface area contributed by atoms with Gasteiger partial charge < -0.3 is 15.8 Å². The predicted molar refractivity (Wildman–Crippen MR) is 82.9 cm³/mol. The van der Waals surface area contributed by atoms with Crippen molar-refractivity contribution < 1.29 is 10.0 Å².